The lowest BCUT2D eigenvalue weighted by molar-refractivity contribution is 0.0714. The van der Waals surface area contributed by atoms with Crippen LogP contribution in [-0.4, -0.2) is 31.3 Å². The number of hydrazone groups is 1. The molecule has 2 aromatic carbocycles. The SMILES string of the molecule is CS(=O)(=O)Nc1ccc(C2=NN(C(=O)c3cccs3)[C@@H](c3c(F)cccc3Cl)C2)cc1. The number of carbonyl (C=O) groups excluding carboxylic acids is 1. The standard InChI is InChI=1S/C21H17ClFN3O3S2/c1-31(28,29)25-14-9-7-13(8-10-14)17-12-18(20-15(22)4-2-5-16(20)23)26(24-17)21(27)19-6-3-11-30-19/h2-11,18,25H,12H2,1H3/t18-/m1/s1. The number of amides is 1. The van der Waals surface area contributed by atoms with Gasteiger partial charge < -0.3 is 0 Å². The van der Waals surface area contributed by atoms with E-state index < -0.39 is 21.9 Å². The summed E-state index contributed by atoms with van der Waals surface area (Å²) in [5.74, 6) is -0.852. The Morgan fingerprint density at radius 2 is 1.94 bits per heavy atom. The van der Waals surface area contributed by atoms with Crippen molar-refractivity contribution >= 4 is 50.3 Å². The van der Waals surface area contributed by atoms with Crippen molar-refractivity contribution in [3.63, 3.8) is 0 Å². The Hall–Kier alpha value is -2.75. The van der Waals surface area contributed by atoms with Crippen molar-refractivity contribution in [1.29, 1.82) is 0 Å². The van der Waals surface area contributed by atoms with Crippen LogP contribution in [0.2, 0.25) is 5.02 Å². The number of sulfonamides is 1. The molecule has 6 nitrogen and oxygen atoms in total. The van der Waals surface area contributed by atoms with Gasteiger partial charge >= 0.3 is 0 Å². The van der Waals surface area contributed by atoms with Crippen LogP contribution in [0.4, 0.5) is 10.1 Å². The van der Waals surface area contributed by atoms with Crippen molar-refractivity contribution < 1.29 is 17.6 Å². The Balaban J connectivity index is 1.71. The predicted octanol–water partition coefficient (Wildman–Crippen LogP) is 4.90. The largest absolute Gasteiger partial charge is 0.284 e. The fourth-order valence-corrected chi connectivity index (χ4v) is 4.89. The molecular formula is C21H17ClFN3O3S2. The van der Waals surface area contributed by atoms with Gasteiger partial charge in [-0.3, -0.25) is 9.52 Å². The summed E-state index contributed by atoms with van der Waals surface area (Å²) in [6.07, 6.45) is 1.33. The third-order valence-electron chi connectivity index (χ3n) is 4.70. The van der Waals surface area contributed by atoms with Gasteiger partial charge in [-0.15, -0.1) is 11.3 Å². The maximum absolute atomic E-state index is 14.7. The summed E-state index contributed by atoms with van der Waals surface area (Å²) in [4.78, 5) is 13.6. The minimum absolute atomic E-state index is 0.211. The molecular weight excluding hydrogens is 461 g/mol. The number of benzene rings is 2. The highest BCUT2D eigenvalue weighted by atomic mass is 35.5. The monoisotopic (exact) mass is 477 g/mol. The molecule has 1 aliphatic heterocycles. The molecule has 1 N–H and O–H groups in total. The summed E-state index contributed by atoms with van der Waals surface area (Å²) in [5, 5.41) is 7.78. The number of anilines is 1. The van der Waals surface area contributed by atoms with E-state index >= 15 is 0 Å². The molecule has 160 valence electrons. The quantitative estimate of drug-likeness (QED) is 0.567. The average molecular weight is 478 g/mol. The number of thiophene rings is 1. The van der Waals surface area contributed by atoms with Gasteiger partial charge in [0.15, 0.2) is 0 Å². The molecule has 1 atom stereocenters. The molecule has 4 rings (SSSR count). The van der Waals surface area contributed by atoms with Crippen LogP contribution in [-0.2, 0) is 10.0 Å². The number of carbonyl (C=O) groups is 1. The molecule has 0 saturated carbocycles. The van der Waals surface area contributed by atoms with Crippen LogP contribution in [0.5, 0.6) is 0 Å². The Labute approximate surface area is 188 Å². The fourth-order valence-electron chi connectivity index (χ4n) is 3.38. The second-order valence-corrected chi connectivity index (χ2v) is 10.1. The van der Waals surface area contributed by atoms with Crippen LogP contribution >= 0.6 is 22.9 Å². The van der Waals surface area contributed by atoms with E-state index in [0.717, 1.165) is 6.26 Å². The first-order valence-corrected chi connectivity index (χ1v) is 12.3. The van der Waals surface area contributed by atoms with Gasteiger partial charge in [0.1, 0.15) is 5.82 Å². The van der Waals surface area contributed by atoms with E-state index in [0.29, 0.717) is 21.8 Å². The van der Waals surface area contributed by atoms with E-state index in [1.54, 1.807) is 47.8 Å². The lowest BCUT2D eigenvalue weighted by atomic mass is 9.97. The molecule has 1 amide bonds. The van der Waals surface area contributed by atoms with Gasteiger partial charge in [-0.1, -0.05) is 35.9 Å². The smallest absolute Gasteiger partial charge is 0.284 e. The van der Waals surface area contributed by atoms with E-state index in [9.17, 15) is 17.6 Å². The number of nitrogens with one attached hydrogen (secondary N) is 1. The molecule has 0 radical (unpaired) electrons. The molecule has 31 heavy (non-hydrogen) atoms. The molecule has 3 aromatic rings. The number of hydrogen-bond acceptors (Lipinski definition) is 5. The average Bonchev–Trinajstić information content (AvgIpc) is 3.37. The molecule has 0 spiro atoms. The number of rotatable bonds is 5. The van der Waals surface area contributed by atoms with E-state index in [2.05, 4.69) is 9.82 Å². The fraction of sp³-hybridized carbons (Fsp3) is 0.143. The van der Waals surface area contributed by atoms with Crippen LogP contribution < -0.4 is 4.72 Å². The van der Waals surface area contributed by atoms with Crippen molar-refractivity contribution in [2.45, 2.75) is 12.5 Å². The van der Waals surface area contributed by atoms with Crippen LogP contribution in [0.25, 0.3) is 0 Å². The van der Waals surface area contributed by atoms with Gasteiger partial charge in [0, 0.05) is 22.7 Å². The number of nitrogens with zero attached hydrogens (tertiary/aromatic N) is 2. The summed E-state index contributed by atoms with van der Waals surface area (Å²) < 4.78 is 39.9. The maximum atomic E-state index is 14.7. The maximum Gasteiger partial charge on any atom is 0.284 e. The minimum Gasteiger partial charge on any atom is -0.284 e. The third kappa shape index (κ3) is 4.63. The van der Waals surface area contributed by atoms with Gasteiger partial charge in [0.2, 0.25) is 10.0 Å². The zero-order chi connectivity index (χ0) is 22.2. The Kier molecular flexibility index (Phi) is 5.83. The first-order chi connectivity index (χ1) is 14.7. The lowest BCUT2D eigenvalue weighted by Crippen LogP contribution is -2.27. The van der Waals surface area contributed by atoms with E-state index in [1.807, 2.05) is 0 Å². The molecule has 0 bridgehead atoms. The highest BCUT2D eigenvalue weighted by Gasteiger charge is 2.36. The highest BCUT2D eigenvalue weighted by Crippen LogP contribution is 2.39. The summed E-state index contributed by atoms with van der Waals surface area (Å²) in [7, 11) is -3.40. The van der Waals surface area contributed by atoms with Crippen molar-refractivity contribution in [3.05, 3.63) is 86.8 Å². The van der Waals surface area contributed by atoms with Gasteiger partial charge in [-0.25, -0.2) is 17.8 Å². The van der Waals surface area contributed by atoms with E-state index in [1.165, 1.54) is 28.5 Å². The van der Waals surface area contributed by atoms with Crippen LogP contribution in [0.3, 0.4) is 0 Å². The van der Waals surface area contributed by atoms with Crippen LogP contribution in [0.15, 0.2) is 65.1 Å². The normalized spacial score (nSPS) is 16.3. The second kappa shape index (κ2) is 8.41. The zero-order valence-corrected chi connectivity index (χ0v) is 18.6. The topological polar surface area (TPSA) is 78.8 Å². The highest BCUT2D eigenvalue weighted by molar-refractivity contribution is 7.92. The summed E-state index contributed by atoms with van der Waals surface area (Å²) in [5.41, 5.74) is 1.88. The summed E-state index contributed by atoms with van der Waals surface area (Å²) >= 11 is 7.56. The summed E-state index contributed by atoms with van der Waals surface area (Å²) in [6.45, 7) is 0. The van der Waals surface area contributed by atoms with Gasteiger partial charge in [0.05, 0.1) is 22.9 Å². The molecule has 1 aliphatic rings. The van der Waals surface area contributed by atoms with Gasteiger partial charge in [-0.2, -0.15) is 5.10 Å². The third-order valence-corrected chi connectivity index (χ3v) is 6.50. The Morgan fingerprint density at radius 3 is 2.55 bits per heavy atom. The Morgan fingerprint density at radius 1 is 1.19 bits per heavy atom. The minimum atomic E-state index is -3.40. The van der Waals surface area contributed by atoms with Crippen LogP contribution in [0.1, 0.15) is 33.3 Å². The number of halogens is 2. The van der Waals surface area contributed by atoms with Crippen molar-refractivity contribution in [3.8, 4) is 0 Å². The van der Waals surface area contributed by atoms with E-state index in [-0.39, 0.29) is 22.9 Å². The van der Waals surface area contributed by atoms with Crippen molar-refractivity contribution in [2.24, 2.45) is 5.10 Å². The van der Waals surface area contributed by atoms with E-state index in [4.69, 9.17) is 11.6 Å². The Bertz CT molecular complexity index is 1240. The van der Waals surface area contributed by atoms with Crippen molar-refractivity contribution in [2.75, 3.05) is 11.0 Å². The summed E-state index contributed by atoms with van der Waals surface area (Å²) in [6, 6.07) is 13.8. The first kappa shape index (κ1) is 21.5. The molecule has 1 aromatic heterocycles. The van der Waals surface area contributed by atoms with Gasteiger partial charge in [-0.05, 0) is 41.3 Å². The van der Waals surface area contributed by atoms with Crippen LogP contribution in [0, 0.1) is 5.82 Å². The second-order valence-electron chi connectivity index (χ2n) is 6.98. The predicted molar refractivity (Wildman–Crippen MR) is 121 cm³/mol. The van der Waals surface area contributed by atoms with Crippen molar-refractivity contribution in [1.82, 2.24) is 5.01 Å². The molecule has 0 unspecified atom stereocenters. The first-order valence-electron chi connectivity index (χ1n) is 9.19. The molecule has 0 aliphatic carbocycles. The zero-order valence-electron chi connectivity index (χ0n) is 16.2. The molecule has 10 heteroatoms. The molecule has 0 saturated heterocycles. The lowest BCUT2D eigenvalue weighted by Gasteiger charge is -2.22. The molecule has 0 fully saturated rings. The van der Waals surface area contributed by atoms with Gasteiger partial charge in [0.25, 0.3) is 5.91 Å². The molecule has 2 heterocycles. The number of hydrogen-bond donors (Lipinski definition) is 1.